The summed E-state index contributed by atoms with van der Waals surface area (Å²) >= 11 is 0. The first-order chi connectivity index (χ1) is 7.10. The van der Waals surface area contributed by atoms with E-state index in [1.165, 1.54) is 6.92 Å². The van der Waals surface area contributed by atoms with E-state index in [9.17, 15) is 13.6 Å². The number of carbonyl (C=O) groups excluding carboxylic acids is 1. The van der Waals surface area contributed by atoms with Gasteiger partial charge in [-0.15, -0.1) is 0 Å². The highest BCUT2D eigenvalue weighted by molar-refractivity contribution is 5.75. The van der Waals surface area contributed by atoms with Crippen molar-refractivity contribution in [2.75, 3.05) is 6.54 Å². The first-order valence-electron chi connectivity index (χ1n) is 5.19. The second kappa shape index (κ2) is 5.43. The predicted octanol–water partition coefficient (Wildman–Crippen LogP) is 1.46. The Bertz CT molecular complexity index is 241. The van der Waals surface area contributed by atoms with Gasteiger partial charge in [-0.25, -0.2) is 13.6 Å². The zero-order chi connectivity index (χ0) is 13.0. The lowest BCUT2D eigenvalue weighted by Crippen LogP contribution is -2.58. The van der Waals surface area contributed by atoms with Crippen LogP contribution in [0.4, 0.5) is 13.6 Å². The molecule has 0 bridgehead atoms. The number of alkyl halides is 2. The Labute approximate surface area is 95.0 Å². The largest absolute Gasteiger partial charge is 0.334 e. The van der Waals surface area contributed by atoms with Gasteiger partial charge in [-0.2, -0.15) is 0 Å². The summed E-state index contributed by atoms with van der Waals surface area (Å²) in [7, 11) is 0. The molecular weight excluding hydrogens is 216 g/mol. The first kappa shape index (κ1) is 15.1. The van der Waals surface area contributed by atoms with Crippen LogP contribution < -0.4 is 16.4 Å². The van der Waals surface area contributed by atoms with Gasteiger partial charge in [0.25, 0.3) is 6.43 Å². The molecule has 0 aliphatic carbocycles. The molecular formula is C10H21F2N3O. The third-order valence-electron chi connectivity index (χ3n) is 2.03. The number of rotatable bonds is 4. The van der Waals surface area contributed by atoms with Crippen molar-refractivity contribution in [3.63, 3.8) is 0 Å². The van der Waals surface area contributed by atoms with Gasteiger partial charge in [-0.1, -0.05) is 0 Å². The molecule has 0 saturated carbocycles. The molecule has 0 heterocycles. The molecule has 0 radical (unpaired) electrons. The summed E-state index contributed by atoms with van der Waals surface area (Å²) in [6.45, 7) is 6.70. The standard InChI is InChI=1S/C10H21F2N3O/c1-9(2,3)14-8(16)15-10(4,5-6-13)7(11)12/h7H,5-6,13H2,1-4H3,(H2,14,15,16). The fourth-order valence-corrected chi connectivity index (χ4v) is 1.16. The van der Waals surface area contributed by atoms with Crippen molar-refractivity contribution >= 4 is 6.03 Å². The molecule has 1 atom stereocenters. The molecule has 6 heteroatoms. The quantitative estimate of drug-likeness (QED) is 0.693. The van der Waals surface area contributed by atoms with E-state index < -0.39 is 23.5 Å². The third kappa shape index (κ3) is 5.25. The second-order valence-corrected chi connectivity index (χ2v) is 5.09. The molecule has 0 aromatic carbocycles. The summed E-state index contributed by atoms with van der Waals surface area (Å²) in [4.78, 5) is 11.5. The van der Waals surface area contributed by atoms with E-state index in [0.29, 0.717) is 0 Å². The van der Waals surface area contributed by atoms with Crippen LogP contribution in [0.1, 0.15) is 34.1 Å². The number of hydrogen-bond acceptors (Lipinski definition) is 2. The van der Waals surface area contributed by atoms with Crippen LogP contribution >= 0.6 is 0 Å². The molecule has 16 heavy (non-hydrogen) atoms. The Morgan fingerprint density at radius 3 is 2.06 bits per heavy atom. The van der Waals surface area contributed by atoms with Crippen LogP contribution in [0.2, 0.25) is 0 Å². The Kier molecular flexibility index (Phi) is 5.12. The van der Waals surface area contributed by atoms with Crippen molar-refractivity contribution in [3.8, 4) is 0 Å². The maximum absolute atomic E-state index is 12.8. The molecule has 0 spiro atoms. The molecule has 0 saturated heterocycles. The van der Waals surface area contributed by atoms with Crippen molar-refractivity contribution in [2.45, 2.75) is 51.6 Å². The summed E-state index contributed by atoms with van der Waals surface area (Å²) < 4.78 is 25.5. The third-order valence-corrected chi connectivity index (χ3v) is 2.03. The fourth-order valence-electron chi connectivity index (χ4n) is 1.16. The molecule has 96 valence electrons. The van der Waals surface area contributed by atoms with Crippen LogP contribution in [0.25, 0.3) is 0 Å². The second-order valence-electron chi connectivity index (χ2n) is 5.09. The van der Waals surface area contributed by atoms with Crippen molar-refractivity contribution in [2.24, 2.45) is 5.73 Å². The lowest BCUT2D eigenvalue weighted by Gasteiger charge is -2.31. The Morgan fingerprint density at radius 1 is 1.25 bits per heavy atom. The molecule has 0 aromatic heterocycles. The summed E-state index contributed by atoms with van der Waals surface area (Å²) in [5, 5.41) is 4.83. The van der Waals surface area contributed by atoms with E-state index in [0.717, 1.165) is 0 Å². The van der Waals surface area contributed by atoms with Gasteiger partial charge in [0.15, 0.2) is 0 Å². The van der Waals surface area contributed by atoms with E-state index >= 15 is 0 Å². The smallest absolute Gasteiger partial charge is 0.315 e. The van der Waals surface area contributed by atoms with Crippen molar-refractivity contribution < 1.29 is 13.6 Å². The van der Waals surface area contributed by atoms with Crippen molar-refractivity contribution in [3.05, 3.63) is 0 Å². The average Bonchev–Trinajstić information content (AvgIpc) is 1.99. The minimum absolute atomic E-state index is 0.0300. The van der Waals surface area contributed by atoms with Crippen LogP contribution in [0.15, 0.2) is 0 Å². The number of amides is 2. The highest BCUT2D eigenvalue weighted by Crippen LogP contribution is 2.18. The molecule has 0 aliphatic rings. The molecule has 0 aliphatic heterocycles. The first-order valence-corrected chi connectivity index (χ1v) is 5.19. The lowest BCUT2D eigenvalue weighted by atomic mass is 9.98. The predicted molar refractivity (Wildman–Crippen MR) is 59.5 cm³/mol. The zero-order valence-corrected chi connectivity index (χ0v) is 10.2. The number of carbonyl (C=O) groups is 1. The molecule has 0 aromatic rings. The van der Waals surface area contributed by atoms with Crippen LogP contribution in [0.5, 0.6) is 0 Å². The molecule has 1 unspecified atom stereocenters. The SMILES string of the molecule is CC(C)(C)NC(=O)NC(C)(CCN)C(F)F. The topological polar surface area (TPSA) is 67.2 Å². The van der Waals surface area contributed by atoms with Gasteiger partial charge in [-0.05, 0) is 40.7 Å². The van der Waals surface area contributed by atoms with Gasteiger partial charge in [0.2, 0.25) is 0 Å². The minimum Gasteiger partial charge on any atom is -0.334 e. The molecule has 2 amide bonds. The fraction of sp³-hybridized carbons (Fsp3) is 0.900. The highest BCUT2D eigenvalue weighted by Gasteiger charge is 2.36. The van der Waals surface area contributed by atoms with Gasteiger partial charge in [-0.3, -0.25) is 0 Å². The number of hydrogen-bond donors (Lipinski definition) is 3. The van der Waals surface area contributed by atoms with E-state index in [-0.39, 0.29) is 13.0 Å². The Hall–Kier alpha value is -0.910. The zero-order valence-electron chi connectivity index (χ0n) is 10.2. The van der Waals surface area contributed by atoms with Gasteiger partial charge in [0.05, 0.1) is 0 Å². The number of nitrogens with two attached hydrogens (primary N) is 1. The van der Waals surface area contributed by atoms with Crippen LogP contribution in [0.3, 0.4) is 0 Å². The summed E-state index contributed by atoms with van der Waals surface area (Å²) in [5.74, 6) is 0. The Balaban J connectivity index is 4.47. The van der Waals surface area contributed by atoms with Crippen molar-refractivity contribution in [1.82, 2.24) is 10.6 Å². The van der Waals surface area contributed by atoms with Gasteiger partial charge in [0, 0.05) is 5.54 Å². The van der Waals surface area contributed by atoms with Gasteiger partial charge >= 0.3 is 6.03 Å². The lowest BCUT2D eigenvalue weighted by molar-refractivity contribution is 0.0421. The monoisotopic (exact) mass is 237 g/mol. The van der Waals surface area contributed by atoms with E-state index in [1.807, 2.05) is 0 Å². The molecule has 0 fully saturated rings. The molecule has 4 N–H and O–H groups in total. The molecule has 4 nitrogen and oxygen atoms in total. The average molecular weight is 237 g/mol. The van der Waals surface area contributed by atoms with E-state index in [4.69, 9.17) is 5.73 Å². The van der Waals surface area contributed by atoms with Gasteiger partial charge in [0.1, 0.15) is 5.54 Å². The van der Waals surface area contributed by atoms with Crippen LogP contribution in [-0.2, 0) is 0 Å². The van der Waals surface area contributed by atoms with E-state index in [2.05, 4.69) is 10.6 Å². The summed E-state index contributed by atoms with van der Waals surface area (Å²) in [6.07, 6.45) is -2.62. The maximum Gasteiger partial charge on any atom is 0.315 e. The highest BCUT2D eigenvalue weighted by atomic mass is 19.3. The van der Waals surface area contributed by atoms with Crippen molar-refractivity contribution in [1.29, 1.82) is 0 Å². The summed E-state index contributed by atoms with van der Waals surface area (Å²) in [6, 6.07) is -0.608. The molecule has 0 rings (SSSR count). The number of urea groups is 1. The van der Waals surface area contributed by atoms with Gasteiger partial charge < -0.3 is 16.4 Å². The van der Waals surface area contributed by atoms with Crippen LogP contribution in [0, 0.1) is 0 Å². The Morgan fingerprint density at radius 2 is 1.75 bits per heavy atom. The van der Waals surface area contributed by atoms with E-state index in [1.54, 1.807) is 20.8 Å². The number of halogens is 2. The van der Waals surface area contributed by atoms with Crippen LogP contribution in [-0.4, -0.2) is 30.1 Å². The minimum atomic E-state index is -2.65. The number of nitrogens with one attached hydrogen (secondary N) is 2. The summed E-state index contributed by atoms with van der Waals surface area (Å²) in [5.41, 5.74) is 3.21. The maximum atomic E-state index is 12.8. The normalized spacial score (nSPS) is 15.8.